The predicted octanol–water partition coefficient (Wildman–Crippen LogP) is 2.90. The lowest BCUT2D eigenvalue weighted by Gasteiger charge is -2.05. The van der Waals surface area contributed by atoms with Crippen molar-refractivity contribution in [3.63, 3.8) is 0 Å². The molecule has 0 spiro atoms. The van der Waals surface area contributed by atoms with E-state index in [1.165, 1.54) is 0 Å². The number of aromatic amines is 1. The van der Waals surface area contributed by atoms with Gasteiger partial charge in [0.25, 0.3) is 0 Å². The van der Waals surface area contributed by atoms with E-state index in [2.05, 4.69) is 11.1 Å². The van der Waals surface area contributed by atoms with Gasteiger partial charge in [0.2, 0.25) is 6.79 Å². The second-order valence-electron chi connectivity index (χ2n) is 4.35. The van der Waals surface area contributed by atoms with Crippen LogP contribution in [-0.2, 0) is 0 Å². The molecular weight excluding hydrogens is 228 g/mol. The first-order chi connectivity index (χ1) is 8.69. The van der Waals surface area contributed by atoms with E-state index in [4.69, 9.17) is 14.7 Å². The topological polar surface area (TPSA) is 58.0 Å². The molecule has 2 aromatic rings. The fraction of sp³-hybridized carbons (Fsp3) is 0.214. The van der Waals surface area contributed by atoms with E-state index in [0.29, 0.717) is 5.56 Å². The summed E-state index contributed by atoms with van der Waals surface area (Å²) in [7, 11) is 0. The minimum absolute atomic E-state index is 0.269. The number of aromatic nitrogens is 1. The van der Waals surface area contributed by atoms with Gasteiger partial charge in [0.15, 0.2) is 11.5 Å². The van der Waals surface area contributed by atoms with Crippen molar-refractivity contribution >= 4 is 0 Å². The van der Waals surface area contributed by atoms with Crippen molar-refractivity contribution in [1.29, 1.82) is 5.26 Å². The van der Waals surface area contributed by atoms with E-state index >= 15 is 0 Å². The molecule has 0 aliphatic carbocycles. The molecule has 0 atom stereocenters. The summed E-state index contributed by atoms with van der Waals surface area (Å²) in [6, 6.07) is 7.94. The zero-order valence-electron chi connectivity index (χ0n) is 10.2. The smallest absolute Gasteiger partial charge is 0.231 e. The first-order valence-electron chi connectivity index (χ1n) is 5.69. The van der Waals surface area contributed by atoms with Gasteiger partial charge in [-0.25, -0.2) is 0 Å². The molecule has 0 saturated heterocycles. The van der Waals surface area contributed by atoms with E-state index in [0.717, 1.165) is 34.0 Å². The molecule has 3 rings (SSSR count). The Labute approximate surface area is 105 Å². The van der Waals surface area contributed by atoms with E-state index in [9.17, 15) is 0 Å². The number of H-pyrrole nitrogens is 1. The maximum Gasteiger partial charge on any atom is 0.231 e. The van der Waals surface area contributed by atoms with Gasteiger partial charge in [-0.2, -0.15) is 5.26 Å². The molecule has 90 valence electrons. The Morgan fingerprint density at radius 1 is 1.17 bits per heavy atom. The normalized spacial score (nSPS) is 12.5. The molecule has 0 fully saturated rings. The van der Waals surface area contributed by atoms with E-state index in [1.54, 1.807) is 0 Å². The highest BCUT2D eigenvalue weighted by molar-refractivity contribution is 5.70. The van der Waals surface area contributed by atoms with Gasteiger partial charge in [0.1, 0.15) is 6.07 Å². The SMILES string of the molecule is Cc1cc2c(cc1-c1cc(C#N)c(C)[nH]1)OCO2. The van der Waals surface area contributed by atoms with E-state index in [1.807, 2.05) is 32.0 Å². The molecule has 0 bridgehead atoms. The van der Waals surface area contributed by atoms with Gasteiger partial charge in [-0.1, -0.05) is 0 Å². The second kappa shape index (κ2) is 3.81. The molecule has 1 aliphatic heterocycles. The van der Waals surface area contributed by atoms with Crippen LogP contribution in [0.2, 0.25) is 0 Å². The van der Waals surface area contributed by atoms with Crippen molar-refractivity contribution in [2.45, 2.75) is 13.8 Å². The van der Waals surface area contributed by atoms with Gasteiger partial charge >= 0.3 is 0 Å². The molecule has 4 heteroatoms. The lowest BCUT2D eigenvalue weighted by atomic mass is 10.0. The Hall–Kier alpha value is -2.41. The zero-order chi connectivity index (χ0) is 12.7. The predicted molar refractivity (Wildman–Crippen MR) is 66.5 cm³/mol. The first kappa shape index (κ1) is 10.7. The number of rotatable bonds is 1. The largest absolute Gasteiger partial charge is 0.454 e. The van der Waals surface area contributed by atoms with Crippen molar-refractivity contribution in [3.05, 3.63) is 35.0 Å². The number of nitrogens with one attached hydrogen (secondary N) is 1. The van der Waals surface area contributed by atoms with Gasteiger partial charge in [-0.3, -0.25) is 0 Å². The number of ether oxygens (including phenoxy) is 2. The fourth-order valence-corrected chi connectivity index (χ4v) is 2.15. The van der Waals surface area contributed by atoms with Crippen LogP contribution in [0, 0.1) is 25.2 Å². The molecule has 1 aliphatic rings. The Bertz CT molecular complexity index is 665. The van der Waals surface area contributed by atoms with E-state index in [-0.39, 0.29) is 6.79 Å². The van der Waals surface area contributed by atoms with Crippen molar-refractivity contribution in [2.75, 3.05) is 6.79 Å². The molecule has 1 aromatic heterocycles. The Morgan fingerprint density at radius 3 is 2.56 bits per heavy atom. The molecular formula is C14H12N2O2. The number of hydrogen-bond acceptors (Lipinski definition) is 3. The third kappa shape index (κ3) is 1.52. The summed E-state index contributed by atoms with van der Waals surface area (Å²) in [5.41, 5.74) is 4.60. The van der Waals surface area contributed by atoms with Gasteiger partial charge in [0, 0.05) is 17.0 Å². The molecule has 1 N–H and O–H groups in total. The summed E-state index contributed by atoms with van der Waals surface area (Å²) in [4.78, 5) is 3.22. The monoisotopic (exact) mass is 240 g/mol. The minimum atomic E-state index is 0.269. The van der Waals surface area contributed by atoms with E-state index < -0.39 is 0 Å². The Morgan fingerprint density at radius 2 is 1.89 bits per heavy atom. The standard InChI is InChI=1S/C14H12N2O2/c1-8-3-13-14(18-7-17-13)5-11(8)12-4-10(6-15)9(2)16-12/h3-5,16H,7H2,1-2H3. The van der Waals surface area contributed by atoms with Crippen molar-refractivity contribution < 1.29 is 9.47 Å². The third-order valence-electron chi connectivity index (χ3n) is 3.15. The Kier molecular flexibility index (Phi) is 2.27. The molecule has 0 saturated carbocycles. The van der Waals surface area contributed by atoms with Crippen LogP contribution in [0.4, 0.5) is 0 Å². The zero-order valence-corrected chi connectivity index (χ0v) is 10.2. The van der Waals surface area contributed by atoms with Gasteiger partial charge in [-0.05, 0) is 37.6 Å². The molecule has 0 unspecified atom stereocenters. The summed E-state index contributed by atoms with van der Waals surface area (Å²) in [6.45, 7) is 4.18. The number of hydrogen-bond donors (Lipinski definition) is 1. The number of nitrogens with zero attached hydrogens (tertiary/aromatic N) is 1. The van der Waals surface area contributed by atoms with Crippen LogP contribution in [0.3, 0.4) is 0 Å². The fourth-order valence-electron chi connectivity index (χ4n) is 2.15. The molecule has 2 heterocycles. The summed E-state index contributed by atoms with van der Waals surface area (Å²) in [5.74, 6) is 1.53. The average molecular weight is 240 g/mol. The summed E-state index contributed by atoms with van der Waals surface area (Å²) >= 11 is 0. The average Bonchev–Trinajstić information content (AvgIpc) is 2.93. The lowest BCUT2D eigenvalue weighted by Crippen LogP contribution is -1.92. The first-order valence-corrected chi connectivity index (χ1v) is 5.69. The highest BCUT2D eigenvalue weighted by Crippen LogP contribution is 2.38. The van der Waals surface area contributed by atoms with Crippen LogP contribution in [0.15, 0.2) is 18.2 Å². The van der Waals surface area contributed by atoms with Gasteiger partial charge in [0.05, 0.1) is 5.56 Å². The van der Waals surface area contributed by atoms with Crippen LogP contribution >= 0.6 is 0 Å². The maximum atomic E-state index is 8.99. The lowest BCUT2D eigenvalue weighted by molar-refractivity contribution is 0.174. The van der Waals surface area contributed by atoms with Crippen LogP contribution in [0.5, 0.6) is 11.5 Å². The van der Waals surface area contributed by atoms with Crippen LogP contribution in [-0.4, -0.2) is 11.8 Å². The third-order valence-corrected chi connectivity index (χ3v) is 3.15. The molecule has 0 amide bonds. The van der Waals surface area contributed by atoms with Crippen LogP contribution < -0.4 is 9.47 Å². The number of aryl methyl sites for hydroxylation is 2. The van der Waals surface area contributed by atoms with Crippen molar-refractivity contribution in [2.24, 2.45) is 0 Å². The minimum Gasteiger partial charge on any atom is -0.454 e. The van der Waals surface area contributed by atoms with Crippen molar-refractivity contribution in [3.8, 4) is 28.8 Å². The number of nitriles is 1. The van der Waals surface area contributed by atoms with Crippen LogP contribution in [0.25, 0.3) is 11.3 Å². The number of fused-ring (bicyclic) bond motifs is 1. The maximum absolute atomic E-state index is 8.99. The van der Waals surface area contributed by atoms with Crippen LogP contribution in [0.1, 0.15) is 16.8 Å². The van der Waals surface area contributed by atoms with Gasteiger partial charge in [-0.15, -0.1) is 0 Å². The van der Waals surface area contributed by atoms with Gasteiger partial charge < -0.3 is 14.5 Å². The van der Waals surface area contributed by atoms with Crippen molar-refractivity contribution in [1.82, 2.24) is 4.98 Å². The molecule has 18 heavy (non-hydrogen) atoms. The Balaban J connectivity index is 2.14. The summed E-state index contributed by atoms with van der Waals surface area (Å²) in [5, 5.41) is 8.99. The quantitative estimate of drug-likeness (QED) is 0.833. The molecule has 4 nitrogen and oxygen atoms in total. The molecule has 0 radical (unpaired) electrons. The summed E-state index contributed by atoms with van der Waals surface area (Å²) < 4.78 is 10.7. The second-order valence-corrected chi connectivity index (χ2v) is 4.35. The molecule has 1 aromatic carbocycles. The number of benzene rings is 1. The summed E-state index contributed by atoms with van der Waals surface area (Å²) in [6.07, 6.45) is 0. The highest BCUT2D eigenvalue weighted by Gasteiger charge is 2.17. The highest BCUT2D eigenvalue weighted by atomic mass is 16.7.